The maximum absolute atomic E-state index is 11.9. The molecule has 4 nitrogen and oxygen atoms in total. The molecule has 2 unspecified atom stereocenters. The first kappa shape index (κ1) is 13.9. The van der Waals surface area contributed by atoms with Crippen molar-refractivity contribution in [2.45, 2.75) is 38.3 Å². The topological polar surface area (TPSA) is 50.4 Å². The van der Waals surface area contributed by atoms with Gasteiger partial charge in [0.1, 0.15) is 0 Å². The number of ether oxygens (including phenoxy) is 1. The third-order valence-corrected chi connectivity index (χ3v) is 3.47. The fraction of sp³-hybridized carbons (Fsp3) is 0.533. The molecule has 1 aromatic rings. The maximum Gasteiger partial charge on any atom is 0.315 e. The highest BCUT2D eigenvalue weighted by Gasteiger charge is 2.21. The molecule has 2 atom stereocenters. The summed E-state index contributed by atoms with van der Waals surface area (Å²) in [7, 11) is 1.63. The number of hydrogen-bond donors (Lipinski definition) is 2. The Morgan fingerprint density at radius 2 is 2.26 bits per heavy atom. The summed E-state index contributed by atoms with van der Waals surface area (Å²) in [6.45, 7) is 2.45. The van der Waals surface area contributed by atoms with E-state index in [0.717, 1.165) is 19.3 Å². The molecule has 1 aliphatic rings. The lowest BCUT2D eigenvalue weighted by Gasteiger charge is -2.27. The number of amides is 2. The molecule has 19 heavy (non-hydrogen) atoms. The van der Waals surface area contributed by atoms with Crippen LogP contribution in [0.3, 0.4) is 0 Å². The first-order valence-electron chi connectivity index (χ1n) is 6.84. The normalized spacial score (nSPS) is 19.4. The molecule has 2 N–H and O–H groups in total. The summed E-state index contributed by atoms with van der Waals surface area (Å²) < 4.78 is 5.01. The molecule has 1 aromatic carbocycles. The Bertz CT molecular complexity index is 434. The van der Waals surface area contributed by atoms with Crippen molar-refractivity contribution in [3.05, 3.63) is 35.4 Å². The molecular formula is C15H22N2O2. The standard InChI is InChI=1S/C15H22N2O2/c1-11(10-19-2)16-15(18)17-14-9-5-7-12-6-3-4-8-13(12)14/h3-4,6,8,11,14H,5,7,9-10H2,1-2H3,(H2,16,17,18). The van der Waals surface area contributed by atoms with Crippen LogP contribution >= 0.6 is 0 Å². The zero-order valence-corrected chi connectivity index (χ0v) is 11.6. The molecule has 0 heterocycles. The Balaban J connectivity index is 1.95. The van der Waals surface area contributed by atoms with Crippen molar-refractivity contribution in [3.63, 3.8) is 0 Å². The van der Waals surface area contributed by atoms with Gasteiger partial charge in [-0.2, -0.15) is 0 Å². The number of nitrogens with one attached hydrogen (secondary N) is 2. The number of urea groups is 1. The Morgan fingerprint density at radius 1 is 1.47 bits per heavy atom. The van der Waals surface area contributed by atoms with E-state index < -0.39 is 0 Å². The minimum absolute atomic E-state index is 0.0174. The zero-order valence-electron chi connectivity index (χ0n) is 11.6. The van der Waals surface area contributed by atoms with Gasteiger partial charge in [0.2, 0.25) is 0 Å². The first-order chi connectivity index (χ1) is 9.20. The molecule has 0 aromatic heterocycles. The van der Waals surface area contributed by atoms with Crippen molar-refractivity contribution in [2.75, 3.05) is 13.7 Å². The molecule has 0 fully saturated rings. The summed E-state index contributed by atoms with van der Waals surface area (Å²) in [6, 6.07) is 8.37. The Hall–Kier alpha value is -1.55. The van der Waals surface area contributed by atoms with Crippen molar-refractivity contribution in [1.82, 2.24) is 10.6 Å². The lowest BCUT2D eigenvalue weighted by molar-refractivity contribution is 0.170. The fourth-order valence-electron chi connectivity index (χ4n) is 2.62. The third-order valence-electron chi connectivity index (χ3n) is 3.47. The fourth-order valence-corrected chi connectivity index (χ4v) is 2.62. The van der Waals surface area contributed by atoms with Gasteiger partial charge in [-0.1, -0.05) is 24.3 Å². The number of benzene rings is 1. The molecule has 2 amide bonds. The van der Waals surface area contributed by atoms with E-state index in [1.807, 2.05) is 13.0 Å². The summed E-state index contributed by atoms with van der Waals surface area (Å²) in [4.78, 5) is 11.9. The number of methoxy groups -OCH3 is 1. The summed E-state index contributed by atoms with van der Waals surface area (Å²) in [5.41, 5.74) is 2.60. The van der Waals surface area contributed by atoms with Gasteiger partial charge in [-0.25, -0.2) is 4.79 Å². The van der Waals surface area contributed by atoms with Crippen LogP contribution in [-0.2, 0) is 11.2 Å². The molecule has 0 spiro atoms. The van der Waals surface area contributed by atoms with Crippen LogP contribution < -0.4 is 10.6 Å². The second-order valence-electron chi connectivity index (χ2n) is 5.12. The van der Waals surface area contributed by atoms with Crippen LogP contribution in [0.1, 0.15) is 36.9 Å². The van der Waals surface area contributed by atoms with Crippen LogP contribution in [0.4, 0.5) is 4.79 Å². The van der Waals surface area contributed by atoms with Crippen LogP contribution in [0.5, 0.6) is 0 Å². The second-order valence-corrected chi connectivity index (χ2v) is 5.12. The average molecular weight is 262 g/mol. The summed E-state index contributed by atoms with van der Waals surface area (Å²) in [5, 5.41) is 5.94. The molecule has 104 valence electrons. The number of rotatable bonds is 4. The highest BCUT2D eigenvalue weighted by molar-refractivity contribution is 5.74. The minimum Gasteiger partial charge on any atom is -0.383 e. The van der Waals surface area contributed by atoms with Gasteiger partial charge in [-0.3, -0.25) is 0 Å². The van der Waals surface area contributed by atoms with E-state index in [2.05, 4.69) is 28.8 Å². The predicted molar refractivity (Wildman–Crippen MR) is 75.1 cm³/mol. The largest absolute Gasteiger partial charge is 0.383 e. The van der Waals surface area contributed by atoms with Crippen LogP contribution in [0, 0.1) is 0 Å². The van der Waals surface area contributed by atoms with Crippen LogP contribution in [0.25, 0.3) is 0 Å². The molecule has 4 heteroatoms. The van der Waals surface area contributed by atoms with Gasteiger partial charge in [0.25, 0.3) is 0 Å². The summed E-state index contributed by atoms with van der Waals surface area (Å²) in [5.74, 6) is 0. The monoisotopic (exact) mass is 262 g/mol. The van der Waals surface area contributed by atoms with Gasteiger partial charge in [0.05, 0.1) is 18.7 Å². The molecule has 2 rings (SSSR count). The van der Waals surface area contributed by atoms with E-state index in [1.165, 1.54) is 11.1 Å². The molecule has 0 bridgehead atoms. The first-order valence-corrected chi connectivity index (χ1v) is 6.84. The lowest BCUT2D eigenvalue weighted by atomic mass is 9.88. The van der Waals surface area contributed by atoms with Crippen LogP contribution in [0.15, 0.2) is 24.3 Å². The van der Waals surface area contributed by atoms with Crippen molar-refractivity contribution in [1.29, 1.82) is 0 Å². The predicted octanol–water partition coefficient (Wildman–Crippen LogP) is 2.40. The molecule has 0 saturated heterocycles. The van der Waals surface area contributed by atoms with Gasteiger partial charge < -0.3 is 15.4 Å². The van der Waals surface area contributed by atoms with Crippen molar-refractivity contribution >= 4 is 6.03 Å². The summed E-state index contributed by atoms with van der Waals surface area (Å²) in [6.07, 6.45) is 3.23. The number of hydrogen-bond acceptors (Lipinski definition) is 2. The van der Waals surface area contributed by atoms with Crippen molar-refractivity contribution in [3.8, 4) is 0 Å². The average Bonchev–Trinajstić information content (AvgIpc) is 2.39. The Morgan fingerprint density at radius 3 is 3.05 bits per heavy atom. The van der Waals surface area contributed by atoms with E-state index in [1.54, 1.807) is 7.11 Å². The van der Waals surface area contributed by atoms with E-state index in [4.69, 9.17) is 4.74 Å². The highest BCUT2D eigenvalue weighted by atomic mass is 16.5. The van der Waals surface area contributed by atoms with Crippen molar-refractivity contribution in [2.24, 2.45) is 0 Å². The third kappa shape index (κ3) is 3.70. The summed E-state index contributed by atoms with van der Waals surface area (Å²) >= 11 is 0. The van der Waals surface area contributed by atoms with Crippen LogP contribution in [-0.4, -0.2) is 25.8 Å². The van der Waals surface area contributed by atoms with Gasteiger partial charge >= 0.3 is 6.03 Å². The highest BCUT2D eigenvalue weighted by Crippen LogP contribution is 2.29. The van der Waals surface area contributed by atoms with Crippen molar-refractivity contribution < 1.29 is 9.53 Å². The van der Waals surface area contributed by atoms with Gasteiger partial charge in [-0.15, -0.1) is 0 Å². The van der Waals surface area contributed by atoms with E-state index in [-0.39, 0.29) is 18.1 Å². The van der Waals surface area contributed by atoms with E-state index >= 15 is 0 Å². The van der Waals surface area contributed by atoms with Gasteiger partial charge in [0, 0.05) is 7.11 Å². The van der Waals surface area contributed by atoms with Gasteiger partial charge in [-0.05, 0) is 37.3 Å². The number of aryl methyl sites for hydroxylation is 1. The Labute approximate surface area is 114 Å². The second kappa shape index (κ2) is 6.57. The lowest BCUT2D eigenvalue weighted by Crippen LogP contribution is -2.44. The Kier molecular flexibility index (Phi) is 4.80. The number of fused-ring (bicyclic) bond motifs is 1. The minimum atomic E-state index is -0.119. The SMILES string of the molecule is COCC(C)NC(=O)NC1CCCc2ccccc21. The number of carbonyl (C=O) groups is 1. The molecule has 0 radical (unpaired) electrons. The molecular weight excluding hydrogens is 240 g/mol. The molecule has 0 saturated carbocycles. The van der Waals surface area contributed by atoms with Crippen LogP contribution in [0.2, 0.25) is 0 Å². The zero-order chi connectivity index (χ0) is 13.7. The van der Waals surface area contributed by atoms with Gasteiger partial charge in [0.15, 0.2) is 0 Å². The number of carbonyl (C=O) groups excluding carboxylic acids is 1. The van der Waals surface area contributed by atoms with E-state index in [9.17, 15) is 4.79 Å². The quantitative estimate of drug-likeness (QED) is 0.875. The molecule has 1 aliphatic carbocycles. The molecule has 0 aliphatic heterocycles. The maximum atomic E-state index is 11.9. The van der Waals surface area contributed by atoms with E-state index in [0.29, 0.717) is 6.61 Å². The smallest absolute Gasteiger partial charge is 0.315 e.